The molecule has 0 amide bonds. The Kier molecular flexibility index (Phi) is 7.03. The summed E-state index contributed by atoms with van der Waals surface area (Å²) in [6.45, 7) is 2.10. The number of ether oxygens (including phenoxy) is 1. The van der Waals surface area contributed by atoms with E-state index in [1.807, 2.05) is 0 Å². The summed E-state index contributed by atoms with van der Waals surface area (Å²) in [4.78, 5) is 20.5. The van der Waals surface area contributed by atoms with Crippen molar-refractivity contribution in [2.45, 2.75) is 19.8 Å². The number of hydrogen-bond donors (Lipinski definition) is 0. The van der Waals surface area contributed by atoms with E-state index in [1.165, 1.54) is 0 Å². The van der Waals surface area contributed by atoms with Crippen molar-refractivity contribution in [2.75, 3.05) is 6.61 Å². The molecular formula is C17H16Cl2N2O3. The maximum Gasteiger partial charge on any atom is 0.335 e. The van der Waals surface area contributed by atoms with E-state index in [2.05, 4.69) is 10.1 Å². The Morgan fingerprint density at radius 1 is 1.21 bits per heavy atom. The first-order valence-corrected chi connectivity index (χ1v) is 8.04. The Bertz CT molecular complexity index is 721. The third kappa shape index (κ3) is 5.83. The number of carbonyl (C=O) groups excluding carboxylic acids is 1. The predicted molar refractivity (Wildman–Crippen MR) is 93.7 cm³/mol. The molecule has 1 aromatic carbocycles. The molecule has 1 heterocycles. The highest BCUT2D eigenvalue weighted by Gasteiger charge is 2.06. The van der Waals surface area contributed by atoms with Crippen LogP contribution in [0.3, 0.4) is 0 Å². The summed E-state index contributed by atoms with van der Waals surface area (Å²) >= 11 is 11.8. The highest BCUT2D eigenvalue weighted by atomic mass is 35.5. The van der Waals surface area contributed by atoms with Crippen LogP contribution in [0.4, 0.5) is 0 Å². The summed E-state index contributed by atoms with van der Waals surface area (Å²) in [6, 6.07) is 8.55. The molecule has 1 aromatic heterocycles. The van der Waals surface area contributed by atoms with Crippen LogP contribution in [0, 0.1) is 0 Å². The summed E-state index contributed by atoms with van der Waals surface area (Å²) in [5, 5.41) is 4.79. The molecule has 0 radical (unpaired) electrons. The monoisotopic (exact) mass is 366 g/mol. The van der Waals surface area contributed by atoms with Crippen LogP contribution < -0.4 is 4.74 Å². The second kappa shape index (κ2) is 9.25. The normalized spacial score (nSPS) is 11.2. The van der Waals surface area contributed by atoms with Gasteiger partial charge in [0.25, 0.3) is 0 Å². The minimum atomic E-state index is -0.422. The molecule has 0 aliphatic heterocycles. The number of nitrogens with zero attached hydrogens (tertiary/aromatic N) is 2. The molecule has 2 aromatic rings. The number of aromatic nitrogens is 1. The van der Waals surface area contributed by atoms with Gasteiger partial charge in [-0.2, -0.15) is 0 Å². The van der Waals surface area contributed by atoms with Crippen LogP contribution in [0.2, 0.25) is 10.0 Å². The van der Waals surface area contributed by atoms with Crippen LogP contribution in [0.25, 0.3) is 0 Å². The zero-order valence-electron chi connectivity index (χ0n) is 13.0. The molecule has 0 aliphatic carbocycles. The molecule has 0 saturated carbocycles. The molecule has 0 bridgehead atoms. The number of oxime groups is 1. The Morgan fingerprint density at radius 3 is 2.67 bits per heavy atom. The van der Waals surface area contributed by atoms with Crippen LogP contribution in [0.15, 0.2) is 47.9 Å². The summed E-state index contributed by atoms with van der Waals surface area (Å²) in [7, 11) is 0. The van der Waals surface area contributed by atoms with Gasteiger partial charge in [0.2, 0.25) is 0 Å². The standard InChI is InChI=1S/C17H16Cl2N2O3/c1-12(13-6-8-20-9-7-13)21-24-17(22)3-2-10-23-16-5-4-14(18)11-15(16)19/h4-9,11H,2-3,10H2,1H3/b21-12+. The fraction of sp³-hybridized carbons (Fsp3) is 0.235. The lowest BCUT2D eigenvalue weighted by atomic mass is 10.2. The molecule has 2 rings (SSSR count). The Balaban J connectivity index is 1.72. The molecule has 0 N–H and O–H groups in total. The third-order valence-electron chi connectivity index (χ3n) is 3.06. The van der Waals surface area contributed by atoms with Gasteiger partial charge >= 0.3 is 5.97 Å². The van der Waals surface area contributed by atoms with Gasteiger partial charge in [-0.05, 0) is 43.7 Å². The van der Waals surface area contributed by atoms with Crippen molar-refractivity contribution in [1.82, 2.24) is 4.98 Å². The Morgan fingerprint density at radius 2 is 1.96 bits per heavy atom. The Labute approximate surface area is 150 Å². The molecule has 0 saturated heterocycles. The quantitative estimate of drug-likeness (QED) is 0.313. The number of rotatable bonds is 7. The van der Waals surface area contributed by atoms with Crippen LogP contribution >= 0.6 is 23.2 Å². The van der Waals surface area contributed by atoms with Crippen molar-refractivity contribution in [3.05, 3.63) is 58.3 Å². The van der Waals surface area contributed by atoms with E-state index >= 15 is 0 Å². The molecule has 126 valence electrons. The number of benzene rings is 1. The maximum atomic E-state index is 11.7. The number of halogens is 2. The van der Waals surface area contributed by atoms with Gasteiger partial charge in [-0.15, -0.1) is 0 Å². The molecule has 0 unspecified atom stereocenters. The zero-order chi connectivity index (χ0) is 17.4. The van der Waals surface area contributed by atoms with E-state index < -0.39 is 5.97 Å². The molecular weight excluding hydrogens is 351 g/mol. The van der Waals surface area contributed by atoms with E-state index in [0.717, 1.165) is 5.56 Å². The highest BCUT2D eigenvalue weighted by Crippen LogP contribution is 2.27. The van der Waals surface area contributed by atoms with E-state index in [-0.39, 0.29) is 6.42 Å². The fourth-order valence-electron chi connectivity index (χ4n) is 1.80. The van der Waals surface area contributed by atoms with Crippen LogP contribution in [0.5, 0.6) is 5.75 Å². The maximum absolute atomic E-state index is 11.7. The van der Waals surface area contributed by atoms with Gasteiger partial charge < -0.3 is 9.57 Å². The number of pyridine rings is 1. The number of hydrogen-bond acceptors (Lipinski definition) is 5. The lowest BCUT2D eigenvalue weighted by Crippen LogP contribution is -2.06. The lowest BCUT2D eigenvalue weighted by molar-refractivity contribution is -0.143. The average Bonchev–Trinajstić information content (AvgIpc) is 2.59. The van der Waals surface area contributed by atoms with Crippen molar-refractivity contribution in [2.24, 2.45) is 5.16 Å². The largest absolute Gasteiger partial charge is 0.492 e. The zero-order valence-corrected chi connectivity index (χ0v) is 14.5. The predicted octanol–water partition coefficient (Wildman–Crippen LogP) is 4.51. The topological polar surface area (TPSA) is 60.8 Å². The lowest BCUT2D eigenvalue weighted by Gasteiger charge is -2.07. The smallest absolute Gasteiger partial charge is 0.335 e. The third-order valence-corrected chi connectivity index (χ3v) is 3.59. The van der Waals surface area contributed by atoms with E-state index in [4.69, 9.17) is 32.8 Å². The first-order chi connectivity index (χ1) is 11.6. The molecule has 0 aliphatic rings. The van der Waals surface area contributed by atoms with E-state index in [0.29, 0.717) is 34.5 Å². The minimum absolute atomic E-state index is 0.193. The van der Waals surface area contributed by atoms with E-state index in [9.17, 15) is 4.79 Å². The molecule has 0 fully saturated rings. The summed E-state index contributed by atoms with van der Waals surface area (Å²) in [5.74, 6) is 0.107. The minimum Gasteiger partial charge on any atom is -0.492 e. The summed E-state index contributed by atoms with van der Waals surface area (Å²) in [5.41, 5.74) is 1.45. The van der Waals surface area contributed by atoms with Gasteiger partial charge in [0, 0.05) is 23.0 Å². The van der Waals surface area contributed by atoms with Gasteiger partial charge in [0.15, 0.2) is 0 Å². The van der Waals surface area contributed by atoms with Gasteiger partial charge in [-0.1, -0.05) is 28.4 Å². The van der Waals surface area contributed by atoms with Crippen molar-refractivity contribution in [3.8, 4) is 5.75 Å². The van der Waals surface area contributed by atoms with Gasteiger partial charge in [-0.3, -0.25) is 4.98 Å². The van der Waals surface area contributed by atoms with E-state index in [1.54, 1.807) is 49.6 Å². The summed E-state index contributed by atoms with van der Waals surface area (Å²) < 4.78 is 5.50. The average molecular weight is 367 g/mol. The molecule has 5 nitrogen and oxygen atoms in total. The Hall–Kier alpha value is -2.11. The van der Waals surface area contributed by atoms with Crippen LogP contribution in [-0.4, -0.2) is 23.3 Å². The highest BCUT2D eigenvalue weighted by molar-refractivity contribution is 6.35. The molecule has 24 heavy (non-hydrogen) atoms. The van der Waals surface area contributed by atoms with Crippen molar-refractivity contribution < 1.29 is 14.4 Å². The SMILES string of the molecule is C/C(=N\OC(=O)CCCOc1ccc(Cl)cc1Cl)c1ccncc1. The molecule has 0 spiro atoms. The second-order valence-corrected chi connectivity index (χ2v) is 5.75. The number of carbonyl (C=O) groups is 1. The van der Waals surface area contributed by atoms with Gasteiger partial charge in [0.05, 0.1) is 23.8 Å². The van der Waals surface area contributed by atoms with Gasteiger partial charge in [-0.25, -0.2) is 4.79 Å². The van der Waals surface area contributed by atoms with Crippen LogP contribution in [0.1, 0.15) is 25.3 Å². The summed E-state index contributed by atoms with van der Waals surface area (Å²) in [6.07, 6.45) is 3.98. The first-order valence-electron chi connectivity index (χ1n) is 7.29. The van der Waals surface area contributed by atoms with Gasteiger partial charge in [0.1, 0.15) is 5.75 Å². The second-order valence-electron chi connectivity index (χ2n) is 4.90. The fourth-order valence-corrected chi connectivity index (χ4v) is 2.26. The first kappa shape index (κ1) is 18.2. The van der Waals surface area contributed by atoms with Crippen molar-refractivity contribution in [1.29, 1.82) is 0 Å². The van der Waals surface area contributed by atoms with Crippen LogP contribution in [-0.2, 0) is 9.63 Å². The molecule has 7 heteroatoms. The van der Waals surface area contributed by atoms with Crippen molar-refractivity contribution >= 4 is 34.9 Å². The molecule has 0 atom stereocenters. The van der Waals surface area contributed by atoms with Crippen molar-refractivity contribution in [3.63, 3.8) is 0 Å².